The van der Waals surface area contributed by atoms with Gasteiger partial charge in [0.25, 0.3) is 0 Å². The van der Waals surface area contributed by atoms with Crippen molar-refractivity contribution < 1.29 is 19.5 Å². The smallest absolute Gasteiger partial charge is 0.326 e. The highest BCUT2D eigenvalue weighted by atomic mass is 16.4. The molecule has 0 unspecified atom stereocenters. The van der Waals surface area contributed by atoms with Gasteiger partial charge in [-0.15, -0.1) is 10.2 Å². The summed E-state index contributed by atoms with van der Waals surface area (Å²) in [5.41, 5.74) is -0.181. The summed E-state index contributed by atoms with van der Waals surface area (Å²) in [6.07, 6.45) is 5.50. The van der Waals surface area contributed by atoms with E-state index in [0.717, 1.165) is 12.8 Å². The topological polar surface area (TPSA) is 109 Å². The summed E-state index contributed by atoms with van der Waals surface area (Å²) in [7, 11) is 0. The molecular formula is C16H23N5O4. The lowest BCUT2D eigenvalue weighted by molar-refractivity contribution is -0.147. The van der Waals surface area contributed by atoms with Crippen molar-refractivity contribution in [2.45, 2.75) is 45.2 Å². The van der Waals surface area contributed by atoms with Crippen LogP contribution in [0.1, 0.15) is 32.6 Å². The molecule has 2 fully saturated rings. The minimum Gasteiger partial charge on any atom is -0.480 e. The summed E-state index contributed by atoms with van der Waals surface area (Å²) in [5, 5.41) is 16.8. The van der Waals surface area contributed by atoms with Gasteiger partial charge >= 0.3 is 5.97 Å². The molecule has 3 heterocycles. The van der Waals surface area contributed by atoms with Crippen LogP contribution in [0.3, 0.4) is 0 Å². The number of rotatable bonds is 4. The Morgan fingerprint density at radius 1 is 1.20 bits per heavy atom. The van der Waals surface area contributed by atoms with E-state index in [1.54, 1.807) is 17.2 Å². The van der Waals surface area contributed by atoms with E-state index in [-0.39, 0.29) is 17.2 Å². The highest BCUT2D eigenvalue weighted by Crippen LogP contribution is 2.43. The lowest BCUT2D eigenvalue weighted by atomic mass is 9.76. The molecular weight excluding hydrogens is 326 g/mol. The largest absolute Gasteiger partial charge is 0.480 e. The van der Waals surface area contributed by atoms with Crippen molar-refractivity contribution >= 4 is 17.8 Å². The number of likely N-dealkylation sites (tertiary alicyclic amines) is 2. The van der Waals surface area contributed by atoms with Gasteiger partial charge in [-0.2, -0.15) is 0 Å². The van der Waals surface area contributed by atoms with Crippen molar-refractivity contribution in [2.24, 2.45) is 5.41 Å². The number of aromatic nitrogens is 3. The molecule has 0 saturated carbocycles. The molecule has 0 bridgehead atoms. The zero-order valence-electron chi connectivity index (χ0n) is 14.3. The maximum absolute atomic E-state index is 12.4. The second kappa shape index (κ2) is 6.81. The monoisotopic (exact) mass is 349 g/mol. The first-order valence-corrected chi connectivity index (χ1v) is 8.50. The van der Waals surface area contributed by atoms with Crippen LogP contribution in [0.5, 0.6) is 0 Å². The standard InChI is InChI=1S/C16H23N5O4/c1-12(22)21-9-16(8-13(21)15(24)25)3-6-20(7-4-16)14(23)2-5-19-10-17-18-11-19/h10-11,13H,2-9H2,1H3,(H,24,25)/t13-/m1/s1. The molecule has 2 aliphatic rings. The highest BCUT2D eigenvalue weighted by Gasteiger charge is 2.49. The number of carboxylic acid groups (broad SMARTS) is 1. The SMILES string of the molecule is CC(=O)N1CC2(CCN(C(=O)CCn3cnnc3)CC2)C[C@@H]1C(=O)O. The lowest BCUT2D eigenvalue weighted by Gasteiger charge is -2.39. The average Bonchev–Trinajstić information content (AvgIpc) is 3.21. The zero-order chi connectivity index (χ0) is 18.0. The van der Waals surface area contributed by atoms with Crippen LogP contribution in [-0.2, 0) is 20.9 Å². The zero-order valence-corrected chi connectivity index (χ0v) is 14.3. The van der Waals surface area contributed by atoms with E-state index in [1.165, 1.54) is 11.8 Å². The number of amides is 2. The Labute approximate surface area is 145 Å². The van der Waals surface area contributed by atoms with Crippen LogP contribution in [0, 0.1) is 5.41 Å². The number of aliphatic carboxylic acids is 1. The van der Waals surface area contributed by atoms with Crippen LogP contribution in [0.4, 0.5) is 0 Å². The van der Waals surface area contributed by atoms with Gasteiger partial charge in [-0.05, 0) is 24.7 Å². The van der Waals surface area contributed by atoms with E-state index in [1.807, 2.05) is 4.90 Å². The van der Waals surface area contributed by atoms with Crippen LogP contribution in [0.15, 0.2) is 12.7 Å². The third kappa shape index (κ3) is 3.64. The molecule has 1 spiro atoms. The molecule has 0 radical (unpaired) electrons. The minimum absolute atomic E-state index is 0.0831. The van der Waals surface area contributed by atoms with Crippen LogP contribution in [0.25, 0.3) is 0 Å². The van der Waals surface area contributed by atoms with E-state index in [9.17, 15) is 19.5 Å². The number of carbonyl (C=O) groups is 3. The van der Waals surface area contributed by atoms with Gasteiger partial charge in [-0.1, -0.05) is 0 Å². The molecule has 9 nitrogen and oxygen atoms in total. The Bertz CT molecular complexity index is 627. The number of piperidine rings is 1. The highest BCUT2D eigenvalue weighted by molar-refractivity contribution is 5.83. The Kier molecular flexibility index (Phi) is 4.73. The molecule has 136 valence electrons. The molecule has 1 aromatic heterocycles. The van der Waals surface area contributed by atoms with Gasteiger partial charge < -0.3 is 19.5 Å². The predicted octanol–water partition coefficient (Wildman–Crippen LogP) is -0.0176. The molecule has 2 saturated heterocycles. The van der Waals surface area contributed by atoms with E-state index < -0.39 is 12.0 Å². The van der Waals surface area contributed by atoms with E-state index in [0.29, 0.717) is 39.0 Å². The minimum atomic E-state index is -0.945. The Hall–Kier alpha value is -2.45. The van der Waals surface area contributed by atoms with Gasteiger partial charge in [0.05, 0.1) is 0 Å². The molecule has 3 rings (SSSR count). The number of carboxylic acids is 1. The number of hydrogen-bond acceptors (Lipinski definition) is 5. The van der Waals surface area contributed by atoms with Gasteiger partial charge in [0.1, 0.15) is 18.7 Å². The first-order valence-electron chi connectivity index (χ1n) is 8.50. The molecule has 1 atom stereocenters. The van der Waals surface area contributed by atoms with Crippen molar-refractivity contribution in [2.75, 3.05) is 19.6 Å². The summed E-state index contributed by atoms with van der Waals surface area (Å²) in [6, 6.07) is -0.742. The second-order valence-electron chi connectivity index (χ2n) is 7.04. The van der Waals surface area contributed by atoms with Gasteiger partial charge in [-0.3, -0.25) is 9.59 Å². The van der Waals surface area contributed by atoms with Crippen molar-refractivity contribution in [3.8, 4) is 0 Å². The Morgan fingerprint density at radius 2 is 1.84 bits per heavy atom. The summed E-state index contributed by atoms with van der Waals surface area (Å²) >= 11 is 0. The number of carbonyl (C=O) groups excluding carboxylic acids is 2. The molecule has 2 amide bonds. The van der Waals surface area contributed by atoms with E-state index in [2.05, 4.69) is 10.2 Å². The molecule has 25 heavy (non-hydrogen) atoms. The second-order valence-corrected chi connectivity index (χ2v) is 7.04. The third-order valence-corrected chi connectivity index (χ3v) is 5.43. The Balaban J connectivity index is 1.55. The molecule has 1 N–H and O–H groups in total. The lowest BCUT2D eigenvalue weighted by Crippen LogP contribution is -2.44. The van der Waals surface area contributed by atoms with Crippen LogP contribution >= 0.6 is 0 Å². The van der Waals surface area contributed by atoms with Gasteiger partial charge in [-0.25, -0.2) is 4.79 Å². The van der Waals surface area contributed by atoms with Crippen LogP contribution < -0.4 is 0 Å². The number of nitrogens with zero attached hydrogens (tertiary/aromatic N) is 5. The summed E-state index contributed by atoms with van der Waals surface area (Å²) < 4.78 is 1.77. The van der Waals surface area contributed by atoms with Crippen LogP contribution in [-0.4, -0.2) is 73.1 Å². The first kappa shape index (κ1) is 17.4. The number of aryl methyl sites for hydroxylation is 1. The van der Waals surface area contributed by atoms with Crippen molar-refractivity contribution in [1.29, 1.82) is 0 Å². The fraction of sp³-hybridized carbons (Fsp3) is 0.688. The molecule has 9 heteroatoms. The maximum atomic E-state index is 12.4. The van der Waals surface area contributed by atoms with Gasteiger partial charge in [0.2, 0.25) is 11.8 Å². The van der Waals surface area contributed by atoms with Crippen molar-refractivity contribution in [1.82, 2.24) is 24.6 Å². The summed E-state index contributed by atoms with van der Waals surface area (Å²) in [5.74, 6) is -1.06. The average molecular weight is 349 g/mol. The maximum Gasteiger partial charge on any atom is 0.326 e. The Morgan fingerprint density at radius 3 is 2.36 bits per heavy atom. The van der Waals surface area contributed by atoms with Gasteiger partial charge in [0.15, 0.2) is 0 Å². The summed E-state index contributed by atoms with van der Waals surface area (Å²) in [4.78, 5) is 38.8. The molecule has 0 aromatic carbocycles. The summed E-state index contributed by atoms with van der Waals surface area (Å²) in [6.45, 7) is 3.66. The molecule has 0 aliphatic carbocycles. The van der Waals surface area contributed by atoms with E-state index >= 15 is 0 Å². The first-order chi connectivity index (χ1) is 11.9. The molecule has 1 aromatic rings. The van der Waals surface area contributed by atoms with Gasteiger partial charge in [0, 0.05) is 39.5 Å². The third-order valence-electron chi connectivity index (χ3n) is 5.43. The fourth-order valence-electron chi connectivity index (χ4n) is 3.92. The molecule has 2 aliphatic heterocycles. The predicted molar refractivity (Wildman–Crippen MR) is 86.3 cm³/mol. The van der Waals surface area contributed by atoms with Crippen molar-refractivity contribution in [3.05, 3.63) is 12.7 Å². The quantitative estimate of drug-likeness (QED) is 0.818. The van der Waals surface area contributed by atoms with E-state index in [4.69, 9.17) is 0 Å². The van der Waals surface area contributed by atoms with Crippen molar-refractivity contribution in [3.63, 3.8) is 0 Å². The van der Waals surface area contributed by atoms with Crippen LogP contribution in [0.2, 0.25) is 0 Å². The fourth-order valence-corrected chi connectivity index (χ4v) is 3.92. The number of hydrogen-bond donors (Lipinski definition) is 1. The normalized spacial score (nSPS) is 22.4.